The van der Waals surface area contributed by atoms with Crippen LogP contribution in [0.4, 0.5) is 30.6 Å². The number of anilines is 3. The third kappa shape index (κ3) is 7.32. The number of nitrogens with zero attached hydrogens (tertiary/aromatic N) is 4. The number of piperidine rings is 1. The number of ether oxygens (including phenoxy) is 1. The topological polar surface area (TPSA) is 129 Å². The minimum absolute atomic E-state index is 0.000453. The summed E-state index contributed by atoms with van der Waals surface area (Å²) in [6, 6.07) is 8.41. The van der Waals surface area contributed by atoms with Gasteiger partial charge < -0.3 is 25.6 Å². The van der Waals surface area contributed by atoms with Crippen LogP contribution in [0, 0.1) is 0 Å². The summed E-state index contributed by atoms with van der Waals surface area (Å²) >= 11 is 6.50. The SMILES string of the molecule is COc1cc(C(=O)NC2CCN(C)CC2)c(Cl)cc1Nc1ncc(C(F)(F)F)c(N[C@@H]2Cc3ccccc3[C@H]2N(C)S(C)(=O)=O)n1. The number of aromatic nitrogens is 2. The number of sulfonamides is 1. The van der Waals surface area contributed by atoms with Crippen LogP contribution >= 0.6 is 11.6 Å². The van der Waals surface area contributed by atoms with Crippen LogP contribution in [-0.4, -0.2) is 86.1 Å². The number of nitrogens with one attached hydrogen (secondary N) is 3. The van der Waals surface area contributed by atoms with Gasteiger partial charge in [0.15, 0.2) is 0 Å². The third-order valence-electron chi connectivity index (χ3n) is 8.36. The number of halogens is 4. The number of hydrogen-bond donors (Lipinski definition) is 3. The predicted molar refractivity (Wildman–Crippen MR) is 169 cm³/mol. The molecule has 5 rings (SSSR count). The first-order valence-electron chi connectivity index (χ1n) is 14.5. The number of carbonyl (C=O) groups excluding carboxylic acids is 1. The fourth-order valence-corrected chi connectivity index (χ4v) is 6.75. The maximum absolute atomic E-state index is 14.1. The van der Waals surface area contributed by atoms with Crippen LogP contribution in [0.15, 0.2) is 42.6 Å². The Bertz CT molecular complexity index is 1720. The van der Waals surface area contributed by atoms with Crippen molar-refractivity contribution in [3.63, 3.8) is 0 Å². The van der Waals surface area contributed by atoms with Gasteiger partial charge in [-0.1, -0.05) is 35.9 Å². The van der Waals surface area contributed by atoms with Crippen LogP contribution in [0.25, 0.3) is 0 Å². The van der Waals surface area contributed by atoms with Crippen molar-refractivity contribution in [2.24, 2.45) is 0 Å². The molecule has 0 spiro atoms. The van der Waals surface area contributed by atoms with E-state index in [-0.39, 0.29) is 46.3 Å². The van der Waals surface area contributed by atoms with Crippen molar-refractivity contribution < 1.29 is 31.1 Å². The van der Waals surface area contributed by atoms with Gasteiger partial charge in [0.1, 0.15) is 17.1 Å². The standard InChI is InChI=1S/C30H35ClF3N7O4S/c1-40-11-9-18(10-12-40)36-28(42)20-14-25(45-3)23(15-22(20)31)38-29-35-16-21(30(32,33)34)27(39-29)37-24-13-17-7-5-6-8-19(17)26(24)41(2)46(4,43)44/h5-8,14-16,18,24,26H,9-13H2,1-4H3,(H,36,42)(H2,35,37,38,39)/t24-,26-/m1/s1. The number of likely N-dealkylation sites (N-methyl/N-ethyl adjacent to an activating group) is 1. The van der Waals surface area contributed by atoms with E-state index >= 15 is 0 Å². The molecule has 1 aromatic heterocycles. The fraction of sp³-hybridized carbons (Fsp3) is 0.433. The van der Waals surface area contributed by atoms with Crippen LogP contribution < -0.4 is 20.7 Å². The van der Waals surface area contributed by atoms with Crippen molar-refractivity contribution in [1.82, 2.24) is 24.5 Å². The summed E-state index contributed by atoms with van der Waals surface area (Å²) < 4.78 is 74.1. The van der Waals surface area contributed by atoms with Crippen LogP contribution in [0.1, 0.15) is 45.9 Å². The maximum atomic E-state index is 14.1. The molecule has 2 aromatic carbocycles. The van der Waals surface area contributed by atoms with Gasteiger partial charge in [-0.05, 0) is 62.7 Å². The number of fused-ring (bicyclic) bond motifs is 1. The first-order chi connectivity index (χ1) is 21.7. The quantitative estimate of drug-likeness (QED) is 0.295. The molecule has 0 radical (unpaired) electrons. The molecule has 46 heavy (non-hydrogen) atoms. The number of likely N-dealkylation sites (tertiary alicyclic amines) is 1. The van der Waals surface area contributed by atoms with Gasteiger partial charge in [0.05, 0.1) is 41.7 Å². The Morgan fingerprint density at radius 3 is 2.52 bits per heavy atom. The van der Waals surface area contributed by atoms with Crippen molar-refractivity contribution in [3.05, 3.63) is 69.9 Å². The van der Waals surface area contributed by atoms with E-state index in [1.54, 1.807) is 18.2 Å². The molecular weight excluding hydrogens is 647 g/mol. The average Bonchev–Trinajstić information content (AvgIpc) is 3.34. The number of methoxy groups -OCH3 is 1. The van der Waals surface area contributed by atoms with Crippen molar-refractivity contribution >= 4 is 45.0 Å². The lowest BCUT2D eigenvalue weighted by molar-refractivity contribution is -0.137. The summed E-state index contributed by atoms with van der Waals surface area (Å²) in [5.41, 5.74) is 0.771. The highest BCUT2D eigenvalue weighted by atomic mass is 35.5. The molecular formula is C30H35ClF3N7O4S. The predicted octanol–water partition coefficient (Wildman–Crippen LogP) is 4.69. The molecule has 1 saturated heterocycles. The largest absolute Gasteiger partial charge is 0.495 e. The van der Waals surface area contributed by atoms with Gasteiger partial charge in [0.2, 0.25) is 16.0 Å². The lowest BCUT2D eigenvalue weighted by Gasteiger charge is -2.30. The molecule has 3 aromatic rings. The van der Waals surface area contributed by atoms with Gasteiger partial charge in [-0.2, -0.15) is 22.5 Å². The van der Waals surface area contributed by atoms with E-state index in [2.05, 4.69) is 30.8 Å². The van der Waals surface area contributed by atoms with Gasteiger partial charge in [-0.15, -0.1) is 0 Å². The molecule has 0 unspecified atom stereocenters. The third-order valence-corrected chi connectivity index (χ3v) is 9.95. The summed E-state index contributed by atoms with van der Waals surface area (Å²) in [5, 5.41) is 8.81. The second-order valence-corrected chi connectivity index (χ2v) is 14.0. The van der Waals surface area contributed by atoms with Crippen molar-refractivity contribution in [2.45, 2.75) is 43.6 Å². The number of carbonyl (C=O) groups is 1. The summed E-state index contributed by atoms with van der Waals surface area (Å²) in [7, 11) is 1.09. The molecule has 3 N–H and O–H groups in total. The van der Waals surface area contributed by atoms with E-state index in [9.17, 15) is 26.4 Å². The normalized spacial score (nSPS) is 19.2. The Kier molecular flexibility index (Phi) is 9.68. The number of rotatable bonds is 9. The van der Waals surface area contributed by atoms with E-state index < -0.39 is 39.7 Å². The van der Waals surface area contributed by atoms with Gasteiger partial charge in [-0.3, -0.25) is 4.79 Å². The van der Waals surface area contributed by atoms with Gasteiger partial charge in [0.25, 0.3) is 5.91 Å². The van der Waals surface area contributed by atoms with Crippen LogP contribution in [0.5, 0.6) is 5.75 Å². The minimum Gasteiger partial charge on any atom is -0.495 e. The van der Waals surface area contributed by atoms with Gasteiger partial charge >= 0.3 is 6.18 Å². The van der Waals surface area contributed by atoms with E-state index in [0.29, 0.717) is 11.8 Å². The molecule has 2 heterocycles. The van der Waals surface area contributed by atoms with E-state index in [1.165, 1.54) is 26.3 Å². The monoisotopic (exact) mass is 681 g/mol. The molecule has 1 fully saturated rings. The maximum Gasteiger partial charge on any atom is 0.421 e. The zero-order valence-corrected chi connectivity index (χ0v) is 27.2. The van der Waals surface area contributed by atoms with E-state index in [1.807, 2.05) is 13.1 Å². The van der Waals surface area contributed by atoms with Crippen LogP contribution in [0.3, 0.4) is 0 Å². The van der Waals surface area contributed by atoms with Crippen LogP contribution in [-0.2, 0) is 22.6 Å². The Balaban J connectivity index is 1.43. The lowest BCUT2D eigenvalue weighted by atomic mass is 10.0. The van der Waals surface area contributed by atoms with Crippen molar-refractivity contribution in [3.8, 4) is 5.75 Å². The first kappa shape index (κ1) is 33.7. The zero-order valence-electron chi connectivity index (χ0n) is 25.7. The number of alkyl halides is 3. The van der Waals surface area contributed by atoms with Gasteiger partial charge in [0, 0.05) is 19.3 Å². The highest BCUT2D eigenvalue weighted by molar-refractivity contribution is 7.88. The highest BCUT2D eigenvalue weighted by Gasteiger charge is 2.41. The second-order valence-electron chi connectivity index (χ2n) is 11.5. The number of hydrogen-bond acceptors (Lipinski definition) is 9. The first-order valence-corrected chi connectivity index (χ1v) is 16.7. The van der Waals surface area contributed by atoms with Crippen molar-refractivity contribution in [2.75, 3.05) is 51.2 Å². The lowest BCUT2D eigenvalue weighted by Crippen LogP contribution is -2.43. The molecule has 1 amide bonds. The second kappa shape index (κ2) is 13.2. The van der Waals surface area contributed by atoms with E-state index in [0.717, 1.165) is 42.1 Å². The Labute approximate surface area is 270 Å². The fourth-order valence-electron chi connectivity index (χ4n) is 5.83. The smallest absolute Gasteiger partial charge is 0.421 e. The van der Waals surface area contributed by atoms with Crippen LogP contribution in [0.2, 0.25) is 5.02 Å². The molecule has 0 bridgehead atoms. The summed E-state index contributed by atoms with van der Waals surface area (Å²) in [4.78, 5) is 23.3. The molecule has 11 nitrogen and oxygen atoms in total. The summed E-state index contributed by atoms with van der Waals surface area (Å²) in [6.07, 6.45) is -1.26. The highest BCUT2D eigenvalue weighted by Crippen LogP contribution is 2.41. The molecule has 16 heteroatoms. The summed E-state index contributed by atoms with van der Waals surface area (Å²) in [6.45, 7) is 1.72. The Hall–Kier alpha value is -3.66. The summed E-state index contributed by atoms with van der Waals surface area (Å²) in [5.74, 6) is -0.921. The van der Waals surface area contributed by atoms with E-state index in [4.69, 9.17) is 16.3 Å². The molecule has 1 aliphatic carbocycles. The molecule has 1 aliphatic heterocycles. The average molecular weight is 682 g/mol. The number of benzene rings is 2. The molecule has 2 atom stereocenters. The molecule has 2 aliphatic rings. The molecule has 248 valence electrons. The Morgan fingerprint density at radius 2 is 1.87 bits per heavy atom. The minimum atomic E-state index is -4.81. The Morgan fingerprint density at radius 1 is 1.17 bits per heavy atom. The zero-order chi connectivity index (χ0) is 33.4. The molecule has 0 saturated carbocycles. The van der Waals surface area contributed by atoms with Crippen molar-refractivity contribution in [1.29, 1.82) is 0 Å². The van der Waals surface area contributed by atoms with Gasteiger partial charge in [-0.25, -0.2) is 13.4 Å². The number of amides is 1.